The Hall–Kier alpha value is -2.94. The Morgan fingerprint density at radius 3 is 2.86 bits per heavy atom. The van der Waals surface area contributed by atoms with Crippen LogP contribution in [0.5, 0.6) is 0 Å². The van der Waals surface area contributed by atoms with E-state index in [0.29, 0.717) is 18.8 Å². The third-order valence-electron chi connectivity index (χ3n) is 3.62. The molecule has 22 heavy (non-hydrogen) atoms. The second-order valence-corrected chi connectivity index (χ2v) is 5.15. The van der Waals surface area contributed by atoms with E-state index in [1.165, 1.54) is 0 Å². The van der Waals surface area contributed by atoms with Crippen molar-refractivity contribution < 1.29 is 4.79 Å². The van der Waals surface area contributed by atoms with Gasteiger partial charge in [-0.3, -0.25) is 14.8 Å². The highest BCUT2D eigenvalue weighted by Crippen LogP contribution is 2.15. The maximum Gasteiger partial charge on any atom is 0.270 e. The molecule has 1 aliphatic heterocycles. The minimum Gasteiger partial charge on any atom is -0.346 e. The molecule has 0 bridgehead atoms. The normalized spacial score (nSPS) is 17.0. The molecule has 6 nitrogen and oxygen atoms in total. The Bertz CT molecular complexity index is 693. The molecule has 2 aromatic rings. The van der Waals surface area contributed by atoms with Crippen molar-refractivity contribution in [2.45, 2.75) is 12.5 Å². The van der Waals surface area contributed by atoms with E-state index in [1.54, 1.807) is 23.4 Å². The van der Waals surface area contributed by atoms with Crippen molar-refractivity contribution in [2.75, 3.05) is 13.1 Å². The Kier molecular flexibility index (Phi) is 3.97. The van der Waals surface area contributed by atoms with Gasteiger partial charge < -0.3 is 10.2 Å². The molecule has 0 aliphatic carbocycles. The predicted molar refractivity (Wildman–Crippen MR) is 80.5 cm³/mol. The van der Waals surface area contributed by atoms with E-state index in [1.807, 2.05) is 24.3 Å². The molecule has 1 atom stereocenters. The Balaban J connectivity index is 1.66. The van der Waals surface area contributed by atoms with E-state index in [-0.39, 0.29) is 11.9 Å². The molecule has 1 saturated heterocycles. The maximum atomic E-state index is 12.2. The minimum atomic E-state index is -0.211. The zero-order valence-electron chi connectivity index (χ0n) is 11.9. The molecule has 0 saturated carbocycles. The summed E-state index contributed by atoms with van der Waals surface area (Å²) in [6.45, 7) is 1.25. The summed E-state index contributed by atoms with van der Waals surface area (Å²) in [5.41, 5.74) is 2.06. The Morgan fingerprint density at radius 2 is 2.23 bits per heavy atom. The average molecular weight is 293 g/mol. The van der Waals surface area contributed by atoms with E-state index in [4.69, 9.17) is 5.26 Å². The highest BCUT2D eigenvalue weighted by Gasteiger charge is 2.23. The second kappa shape index (κ2) is 6.22. The lowest BCUT2D eigenvalue weighted by atomic mass is 10.1. The van der Waals surface area contributed by atoms with E-state index < -0.39 is 0 Å². The zero-order valence-corrected chi connectivity index (χ0v) is 11.9. The van der Waals surface area contributed by atoms with Crippen LogP contribution in [-0.2, 0) is 0 Å². The molecule has 2 aromatic heterocycles. The van der Waals surface area contributed by atoms with Gasteiger partial charge in [-0.25, -0.2) is 0 Å². The highest BCUT2D eigenvalue weighted by molar-refractivity contribution is 5.92. The minimum absolute atomic E-state index is 0.00409. The van der Waals surface area contributed by atoms with Crippen molar-refractivity contribution in [3.05, 3.63) is 48.4 Å². The van der Waals surface area contributed by atoms with Crippen molar-refractivity contribution in [3.63, 3.8) is 0 Å². The number of likely N-dealkylation sites (tertiary alicyclic amines) is 1. The summed E-state index contributed by atoms with van der Waals surface area (Å²) in [5.74, 6) is -0.211. The van der Waals surface area contributed by atoms with Gasteiger partial charge in [-0.15, -0.1) is 0 Å². The number of hydrogen-bond donors (Lipinski definition) is 1. The summed E-state index contributed by atoms with van der Waals surface area (Å²) in [7, 11) is 0. The van der Waals surface area contributed by atoms with Crippen LogP contribution in [-0.4, -0.2) is 39.9 Å². The maximum absolute atomic E-state index is 12.2. The van der Waals surface area contributed by atoms with Crippen molar-refractivity contribution in [1.29, 1.82) is 5.26 Å². The lowest BCUT2D eigenvalue weighted by Crippen LogP contribution is -2.36. The molecule has 1 fully saturated rings. The first kappa shape index (κ1) is 14.0. The first-order chi connectivity index (χ1) is 10.8. The predicted octanol–water partition coefficient (Wildman–Crippen LogP) is 1.43. The molecular weight excluding hydrogens is 278 g/mol. The number of carbonyl (C=O) groups is 1. The average Bonchev–Trinajstić information content (AvgIpc) is 3.03. The lowest BCUT2D eigenvalue weighted by molar-refractivity contribution is 0.0934. The van der Waals surface area contributed by atoms with Crippen LogP contribution >= 0.6 is 0 Å². The smallest absolute Gasteiger partial charge is 0.270 e. The van der Waals surface area contributed by atoms with Gasteiger partial charge in [-0.2, -0.15) is 5.26 Å². The van der Waals surface area contributed by atoms with Gasteiger partial charge in [0, 0.05) is 37.1 Å². The number of nitriles is 1. The third kappa shape index (κ3) is 3.04. The second-order valence-electron chi connectivity index (χ2n) is 5.15. The van der Waals surface area contributed by atoms with Crippen molar-refractivity contribution >= 4 is 5.91 Å². The molecule has 110 valence electrons. The van der Waals surface area contributed by atoms with Gasteiger partial charge in [0.1, 0.15) is 5.69 Å². The largest absolute Gasteiger partial charge is 0.346 e. The fourth-order valence-electron chi connectivity index (χ4n) is 2.44. The summed E-state index contributed by atoms with van der Waals surface area (Å²) in [6, 6.07) is 9.18. The van der Waals surface area contributed by atoms with Gasteiger partial charge >= 0.3 is 0 Å². The summed E-state index contributed by atoms with van der Waals surface area (Å²) in [6.07, 6.45) is 6.24. The fourth-order valence-corrected chi connectivity index (χ4v) is 2.44. The van der Waals surface area contributed by atoms with E-state index in [9.17, 15) is 4.79 Å². The molecule has 1 aliphatic rings. The van der Waals surface area contributed by atoms with Gasteiger partial charge in [0.25, 0.3) is 5.91 Å². The quantitative estimate of drug-likeness (QED) is 0.866. The van der Waals surface area contributed by atoms with E-state index >= 15 is 0 Å². The number of pyridine rings is 2. The number of carbonyl (C=O) groups excluding carboxylic acids is 1. The number of nitrogens with zero attached hydrogens (tertiary/aromatic N) is 4. The molecule has 0 radical (unpaired) electrons. The van der Waals surface area contributed by atoms with E-state index in [0.717, 1.165) is 17.7 Å². The van der Waals surface area contributed by atoms with Crippen LogP contribution in [0.4, 0.5) is 0 Å². The topological polar surface area (TPSA) is 81.9 Å². The Morgan fingerprint density at radius 1 is 1.32 bits per heavy atom. The summed E-state index contributed by atoms with van der Waals surface area (Å²) in [4.78, 5) is 22.2. The third-order valence-corrected chi connectivity index (χ3v) is 3.62. The molecule has 1 amide bonds. The van der Waals surface area contributed by atoms with Crippen molar-refractivity contribution in [3.8, 4) is 17.5 Å². The monoisotopic (exact) mass is 293 g/mol. The van der Waals surface area contributed by atoms with Crippen molar-refractivity contribution in [1.82, 2.24) is 20.2 Å². The summed E-state index contributed by atoms with van der Waals surface area (Å²) >= 11 is 0. The molecule has 1 N–H and O–H groups in total. The molecule has 6 heteroatoms. The standard InChI is InChI=1S/C16H15N5O/c17-11-21-8-6-13(10-21)20-16(22)15-5-4-12(9-19-15)14-3-1-2-7-18-14/h1-5,7,9,13H,6,8,10H2,(H,20,22). The molecule has 3 heterocycles. The number of hydrogen-bond acceptors (Lipinski definition) is 5. The van der Waals surface area contributed by atoms with Gasteiger partial charge in [0.15, 0.2) is 6.19 Å². The fraction of sp³-hybridized carbons (Fsp3) is 0.250. The summed E-state index contributed by atoms with van der Waals surface area (Å²) < 4.78 is 0. The molecule has 0 aromatic carbocycles. The lowest BCUT2D eigenvalue weighted by Gasteiger charge is -2.12. The van der Waals surface area contributed by atoms with Gasteiger partial charge in [-0.05, 0) is 30.7 Å². The first-order valence-corrected chi connectivity index (χ1v) is 7.09. The van der Waals surface area contributed by atoms with Crippen LogP contribution in [0.25, 0.3) is 11.3 Å². The van der Waals surface area contributed by atoms with Crippen LogP contribution in [0.3, 0.4) is 0 Å². The van der Waals surface area contributed by atoms with Crippen LogP contribution < -0.4 is 5.32 Å². The number of nitrogens with one attached hydrogen (secondary N) is 1. The molecule has 0 spiro atoms. The highest BCUT2D eigenvalue weighted by atomic mass is 16.1. The van der Waals surface area contributed by atoms with Crippen LogP contribution in [0.15, 0.2) is 42.7 Å². The zero-order chi connectivity index (χ0) is 15.4. The number of amides is 1. The van der Waals surface area contributed by atoms with Crippen LogP contribution in [0, 0.1) is 11.5 Å². The van der Waals surface area contributed by atoms with Crippen LogP contribution in [0.2, 0.25) is 0 Å². The molecule has 3 rings (SSSR count). The van der Waals surface area contributed by atoms with Gasteiger partial charge in [0.05, 0.1) is 5.69 Å². The summed E-state index contributed by atoms with van der Waals surface area (Å²) in [5, 5.41) is 11.7. The number of rotatable bonds is 3. The molecular formula is C16H15N5O. The first-order valence-electron chi connectivity index (χ1n) is 7.09. The van der Waals surface area contributed by atoms with Gasteiger partial charge in [-0.1, -0.05) is 6.07 Å². The SMILES string of the molecule is N#CN1CCC(NC(=O)c2ccc(-c3ccccn3)cn2)C1. The van der Waals surface area contributed by atoms with E-state index in [2.05, 4.69) is 21.5 Å². The number of aromatic nitrogens is 2. The molecule has 1 unspecified atom stereocenters. The van der Waals surface area contributed by atoms with Gasteiger partial charge in [0.2, 0.25) is 0 Å². The Labute approximate surface area is 128 Å². The van der Waals surface area contributed by atoms with Crippen molar-refractivity contribution in [2.24, 2.45) is 0 Å². The van der Waals surface area contributed by atoms with Crippen LogP contribution in [0.1, 0.15) is 16.9 Å².